The number of halogens is 1. The molecule has 2 amide bonds. The van der Waals surface area contributed by atoms with Crippen molar-refractivity contribution in [1.82, 2.24) is 0 Å². The van der Waals surface area contributed by atoms with Crippen molar-refractivity contribution in [2.24, 2.45) is 0 Å². The zero-order chi connectivity index (χ0) is 13.9. The van der Waals surface area contributed by atoms with Gasteiger partial charge >= 0.3 is 6.03 Å². The molecular weight excluding hydrogens is 320 g/mol. The summed E-state index contributed by atoms with van der Waals surface area (Å²) in [5, 5.41) is 2.89. The SMILES string of the molecule is O=C(Nc1ccccc1)N1CCOc2ccc(Br)cc21. The molecule has 1 heterocycles. The number of urea groups is 1. The maximum Gasteiger partial charge on any atom is 0.326 e. The lowest BCUT2D eigenvalue weighted by Gasteiger charge is -2.29. The predicted octanol–water partition coefficient (Wildman–Crippen LogP) is 3.88. The molecule has 3 rings (SSSR count). The number of anilines is 2. The topological polar surface area (TPSA) is 41.6 Å². The standard InChI is InChI=1S/C15H13BrN2O2/c16-11-6-7-14-13(10-11)18(8-9-20-14)15(19)17-12-4-2-1-3-5-12/h1-7,10H,8-9H2,(H,17,19). The number of hydrogen-bond acceptors (Lipinski definition) is 2. The fourth-order valence-corrected chi connectivity index (χ4v) is 2.46. The molecule has 0 aromatic heterocycles. The number of benzene rings is 2. The Morgan fingerprint density at radius 2 is 2.00 bits per heavy atom. The summed E-state index contributed by atoms with van der Waals surface area (Å²) in [5.41, 5.74) is 1.56. The molecule has 0 saturated heterocycles. The Labute approximate surface area is 125 Å². The van der Waals surface area contributed by atoms with Crippen LogP contribution in [0.2, 0.25) is 0 Å². The molecule has 0 fully saturated rings. The van der Waals surface area contributed by atoms with Gasteiger partial charge in [-0.3, -0.25) is 4.90 Å². The second-order valence-electron chi connectivity index (χ2n) is 4.41. The number of hydrogen-bond donors (Lipinski definition) is 1. The number of carbonyl (C=O) groups is 1. The summed E-state index contributed by atoms with van der Waals surface area (Å²) < 4.78 is 6.48. The molecule has 1 aliphatic heterocycles. The quantitative estimate of drug-likeness (QED) is 0.860. The van der Waals surface area contributed by atoms with Crippen molar-refractivity contribution >= 4 is 33.3 Å². The Kier molecular flexibility index (Phi) is 3.60. The van der Waals surface area contributed by atoms with Crippen LogP contribution < -0.4 is 15.0 Å². The molecule has 0 aliphatic carbocycles. The number of ether oxygens (including phenoxy) is 1. The summed E-state index contributed by atoms with van der Waals surface area (Å²) in [6.07, 6.45) is 0. The van der Waals surface area contributed by atoms with E-state index in [9.17, 15) is 4.79 Å². The van der Waals surface area contributed by atoms with Gasteiger partial charge in [-0.1, -0.05) is 34.1 Å². The van der Waals surface area contributed by atoms with Gasteiger partial charge < -0.3 is 10.1 Å². The molecule has 0 unspecified atom stereocenters. The average molecular weight is 333 g/mol. The van der Waals surface area contributed by atoms with Crippen LogP contribution >= 0.6 is 15.9 Å². The van der Waals surface area contributed by atoms with Crippen LogP contribution in [0.3, 0.4) is 0 Å². The molecule has 0 spiro atoms. The van der Waals surface area contributed by atoms with Gasteiger partial charge in [0.2, 0.25) is 0 Å². The fourth-order valence-electron chi connectivity index (χ4n) is 2.11. The molecule has 0 atom stereocenters. The lowest BCUT2D eigenvalue weighted by atomic mass is 10.2. The number of amides is 2. The summed E-state index contributed by atoms with van der Waals surface area (Å²) in [4.78, 5) is 14.1. The van der Waals surface area contributed by atoms with E-state index in [2.05, 4.69) is 21.2 Å². The minimum Gasteiger partial charge on any atom is -0.490 e. The zero-order valence-electron chi connectivity index (χ0n) is 10.7. The van der Waals surface area contributed by atoms with Gasteiger partial charge in [-0.25, -0.2) is 4.79 Å². The van der Waals surface area contributed by atoms with Crippen molar-refractivity contribution in [3.05, 3.63) is 53.0 Å². The van der Waals surface area contributed by atoms with Crippen LogP contribution in [0.1, 0.15) is 0 Å². The van der Waals surface area contributed by atoms with Gasteiger partial charge in [0, 0.05) is 10.2 Å². The molecule has 4 nitrogen and oxygen atoms in total. The van der Waals surface area contributed by atoms with E-state index in [1.165, 1.54) is 0 Å². The molecule has 5 heteroatoms. The van der Waals surface area contributed by atoms with Gasteiger partial charge in [0.05, 0.1) is 12.2 Å². The molecule has 1 N–H and O–H groups in total. The van der Waals surface area contributed by atoms with Crippen LogP contribution in [0.5, 0.6) is 5.75 Å². The van der Waals surface area contributed by atoms with E-state index in [4.69, 9.17) is 4.74 Å². The van der Waals surface area contributed by atoms with E-state index in [0.717, 1.165) is 21.6 Å². The van der Waals surface area contributed by atoms with Crippen molar-refractivity contribution in [2.75, 3.05) is 23.4 Å². The first-order chi connectivity index (χ1) is 9.74. The van der Waals surface area contributed by atoms with E-state index < -0.39 is 0 Å². The highest BCUT2D eigenvalue weighted by Crippen LogP contribution is 2.34. The average Bonchev–Trinajstić information content (AvgIpc) is 2.47. The Bertz CT molecular complexity index is 631. The van der Waals surface area contributed by atoms with Gasteiger partial charge in [-0.2, -0.15) is 0 Å². The van der Waals surface area contributed by atoms with Crippen LogP contribution in [0.25, 0.3) is 0 Å². The van der Waals surface area contributed by atoms with E-state index in [1.54, 1.807) is 4.90 Å². The van der Waals surface area contributed by atoms with Crippen LogP contribution in [-0.2, 0) is 0 Å². The van der Waals surface area contributed by atoms with Crippen LogP contribution in [0, 0.1) is 0 Å². The largest absolute Gasteiger partial charge is 0.490 e. The van der Waals surface area contributed by atoms with Gasteiger partial charge in [0.1, 0.15) is 12.4 Å². The summed E-state index contributed by atoms with van der Waals surface area (Å²) in [6, 6.07) is 14.9. The van der Waals surface area contributed by atoms with Gasteiger partial charge in [-0.05, 0) is 30.3 Å². The molecule has 0 radical (unpaired) electrons. The molecule has 20 heavy (non-hydrogen) atoms. The molecule has 0 bridgehead atoms. The predicted molar refractivity (Wildman–Crippen MR) is 82.4 cm³/mol. The lowest BCUT2D eigenvalue weighted by molar-refractivity contribution is 0.250. The van der Waals surface area contributed by atoms with Crippen molar-refractivity contribution in [1.29, 1.82) is 0 Å². The maximum absolute atomic E-state index is 12.4. The van der Waals surface area contributed by atoms with Crippen LogP contribution in [0.15, 0.2) is 53.0 Å². The highest BCUT2D eigenvalue weighted by Gasteiger charge is 2.23. The Balaban J connectivity index is 1.85. The summed E-state index contributed by atoms with van der Waals surface area (Å²) in [5.74, 6) is 0.725. The summed E-state index contributed by atoms with van der Waals surface area (Å²) >= 11 is 3.42. The first kappa shape index (κ1) is 13.0. The highest BCUT2D eigenvalue weighted by atomic mass is 79.9. The van der Waals surface area contributed by atoms with Crippen molar-refractivity contribution in [3.63, 3.8) is 0 Å². The van der Waals surface area contributed by atoms with E-state index in [1.807, 2.05) is 48.5 Å². The zero-order valence-corrected chi connectivity index (χ0v) is 12.3. The second kappa shape index (κ2) is 5.54. The molecule has 2 aromatic rings. The normalized spacial score (nSPS) is 13.3. The molecule has 0 saturated carbocycles. The smallest absolute Gasteiger partial charge is 0.326 e. The fraction of sp³-hybridized carbons (Fsp3) is 0.133. The van der Waals surface area contributed by atoms with Crippen molar-refractivity contribution in [3.8, 4) is 5.75 Å². The third-order valence-electron chi connectivity index (χ3n) is 3.05. The number of fused-ring (bicyclic) bond motifs is 1. The van der Waals surface area contributed by atoms with E-state index in [0.29, 0.717) is 13.2 Å². The van der Waals surface area contributed by atoms with Crippen molar-refractivity contribution in [2.45, 2.75) is 0 Å². The molecule has 102 valence electrons. The van der Waals surface area contributed by atoms with Gasteiger partial charge in [0.25, 0.3) is 0 Å². The number of nitrogens with one attached hydrogen (secondary N) is 1. The number of carbonyl (C=O) groups excluding carboxylic acids is 1. The first-order valence-electron chi connectivity index (χ1n) is 6.30. The molecular formula is C15H13BrN2O2. The summed E-state index contributed by atoms with van der Waals surface area (Å²) in [6.45, 7) is 1.03. The maximum atomic E-state index is 12.4. The third kappa shape index (κ3) is 2.63. The molecule has 2 aromatic carbocycles. The van der Waals surface area contributed by atoms with Crippen molar-refractivity contribution < 1.29 is 9.53 Å². The molecule has 1 aliphatic rings. The minimum atomic E-state index is -0.154. The van der Waals surface area contributed by atoms with E-state index >= 15 is 0 Å². The Morgan fingerprint density at radius 1 is 1.20 bits per heavy atom. The number of rotatable bonds is 1. The Morgan fingerprint density at radius 3 is 2.80 bits per heavy atom. The number of nitrogens with zero attached hydrogens (tertiary/aromatic N) is 1. The lowest BCUT2D eigenvalue weighted by Crippen LogP contribution is -2.40. The minimum absolute atomic E-state index is 0.154. The van der Waals surface area contributed by atoms with Gasteiger partial charge in [-0.15, -0.1) is 0 Å². The Hall–Kier alpha value is -2.01. The second-order valence-corrected chi connectivity index (χ2v) is 5.32. The third-order valence-corrected chi connectivity index (χ3v) is 3.55. The monoisotopic (exact) mass is 332 g/mol. The highest BCUT2D eigenvalue weighted by molar-refractivity contribution is 9.10. The number of para-hydroxylation sites is 1. The van der Waals surface area contributed by atoms with Crippen LogP contribution in [0.4, 0.5) is 16.2 Å². The van der Waals surface area contributed by atoms with Gasteiger partial charge in [0.15, 0.2) is 0 Å². The van der Waals surface area contributed by atoms with E-state index in [-0.39, 0.29) is 6.03 Å². The first-order valence-corrected chi connectivity index (χ1v) is 7.09. The summed E-state index contributed by atoms with van der Waals surface area (Å²) in [7, 11) is 0. The van der Waals surface area contributed by atoms with Crippen LogP contribution in [-0.4, -0.2) is 19.2 Å².